The van der Waals surface area contributed by atoms with Crippen molar-refractivity contribution in [2.75, 3.05) is 18.6 Å². The summed E-state index contributed by atoms with van der Waals surface area (Å²) in [5.41, 5.74) is 0.878. The SMILES string of the molecule is COc1cccc(S[C@H]2CCCN(c3cnn(C)c3)C2=O)c1. The summed E-state index contributed by atoms with van der Waals surface area (Å²) in [4.78, 5) is 15.6. The summed E-state index contributed by atoms with van der Waals surface area (Å²) in [5, 5.41) is 4.10. The van der Waals surface area contributed by atoms with E-state index < -0.39 is 0 Å². The number of hydrogen-bond acceptors (Lipinski definition) is 4. The van der Waals surface area contributed by atoms with Gasteiger partial charge in [0.1, 0.15) is 5.75 Å². The first-order chi connectivity index (χ1) is 10.7. The van der Waals surface area contributed by atoms with E-state index in [4.69, 9.17) is 4.74 Å². The molecule has 5 nitrogen and oxygen atoms in total. The highest BCUT2D eigenvalue weighted by molar-refractivity contribution is 8.00. The molecular formula is C16H19N3O2S. The molecule has 2 aromatic rings. The van der Waals surface area contributed by atoms with Crippen LogP contribution in [0.5, 0.6) is 5.75 Å². The zero-order chi connectivity index (χ0) is 15.5. The molecule has 1 fully saturated rings. The van der Waals surface area contributed by atoms with Crippen molar-refractivity contribution in [3.8, 4) is 5.75 Å². The molecule has 0 bridgehead atoms. The van der Waals surface area contributed by atoms with Gasteiger partial charge in [-0.25, -0.2) is 0 Å². The van der Waals surface area contributed by atoms with Crippen molar-refractivity contribution in [2.45, 2.75) is 23.0 Å². The van der Waals surface area contributed by atoms with Crippen LogP contribution in [0.2, 0.25) is 0 Å². The third-order valence-electron chi connectivity index (χ3n) is 3.71. The minimum absolute atomic E-state index is 0.0546. The van der Waals surface area contributed by atoms with Crippen molar-refractivity contribution in [1.82, 2.24) is 9.78 Å². The number of nitrogens with zero attached hydrogens (tertiary/aromatic N) is 3. The van der Waals surface area contributed by atoms with E-state index in [1.54, 1.807) is 29.8 Å². The fourth-order valence-corrected chi connectivity index (χ4v) is 3.78. The number of carbonyl (C=O) groups is 1. The molecule has 0 N–H and O–H groups in total. The van der Waals surface area contributed by atoms with Gasteiger partial charge in [0.15, 0.2) is 0 Å². The summed E-state index contributed by atoms with van der Waals surface area (Å²) in [7, 11) is 3.51. The van der Waals surface area contributed by atoms with E-state index in [1.165, 1.54) is 0 Å². The van der Waals surface area contributed by atoms with Crippen LogP contribution in [0.4, 0.5) is 5.69 Å². The summed E-state index contributed by atoms with van der Waals surface area (Å²) in [6.07, 6.45) is 5.53. The van der Waals surface area contributed by atoms with Crippen LogP contribution in [0.1, 0.15) is 12.8 Å². The Morgan fingerprint density at radius 2 is 2.27 bits per heavy atom. The van der Waals surface area contributed by atoms with Gasteiger partial charge < -0.3 is 9.64 Å². The molecule has 0 unspecified atom stereocenters. The topological polar surface area (TPSA) is 47.4 Å². The second-order valence-corrected chi connectivity index (χ2v) is 6.57. The fourth-order valence-electron chi connectivity index (χ4n) is 2.59. The highest BCUT2D eigenvalue weighted by atomic mass is 32.2. The summed E-state index contributed by atoms with van der Waals surface area (Å²) >= 11 is 1.61. The maximum absolute atomic E-state index is 12.7. The lowest BCUT2D eigenvalue weighted by Crippen LogP contribution is -2.42. The zero-order valence-corrected chi connectivity index (χ0v) is 13.5. The summed E-state index contributed by atoms with van der Waals surface area (Å²) in [5.74, 6) is 0.976. The summed E-state index contributed by atoms with van der Waals surface area (Å²) < 4.78 is 6.97. The number of amides is 1. The van der Waals surface area contributed by atoms with Crippen molar-refractivity contribution in [3.05, 3.63) is 36.7 Å². The van der Waals surface area contributed by atoms with E-state index in [0.717, 1.165) is 35.7 Å². The Morgan fingerprint density at radius 3 is 3.00 bits per heavy atom. The third kappa shape index (κ3) is 3.11. The number of carbonyl (C=O) groups excluding carboxylic acids is 1. The van der Waals surface area contributed by atoms with Gasteiger partial charge in [0, 0.05) is 24.7 Å². The van der Waals surface area contributed by atoms with Gasteiger partial charge in [-0.15, -0.1) is 11.8 Å². The molecule has 3 rings (SSSR count). The Balaban J connectivity index is 1.75. The Hall–Kier alpha value is -1.95. The van der Waals surface area contributed by atoms with Crippen molar-refractivity contribution in [3.63, 3.8) is 0 Å². The Labute approximate surface area is 134 Å². The standard InChI is InChI=1S/C16H19N3O2S/c1-18-11-12(10-17-18)19-8-4-7-15(16(19)20)22-14-6-3-5-13(9-14)21-2/h3,5-6,9-11,15H,4,7-8H2,1-2H3/t15-/m0/s1. The van der Waals surface area contributed by atoms with Gasteiger partial charge in [-0.1, -0.05) is 6.07 Å². The summed E-state index contributed by atoms with van der Waals surface area (Å²) in [6.45, 7) is 0.764. The van der Waals surface area contributed by atoms with Crippen LogP contribution in [-0.2, 0) is 11.8 Å². The van der Waals surface area contributed by atoms with Crippen molar-refractivity contribution < 1.29 is 9.53 Å². The van der Waals surface area contributed by atoms with E-state index in [9.17, 15) is 4.79 Å². The number of methoxy groups -OCH3 is 1. The molecule has 1 aromatic heterocycles. The van der Waals surface area contributed by atoms with Gasteiger partial charge in [-0.3, -0.25) is 9.48 Å². The molecule has 1 atom stereocenters. The van der Waals surface area contributed by atoms with E-state index in [0.29, 0.717) is 0 Å². The van der Waals surface area contributed by atoms with Gasteiger partial charge in [0.2, 0.25) is 5.91 Å². The van der Waals surface area contributed by atoms with E-state index in [-0.39, 0.29) is 11.2 Å². The summed E-state index contributed by atoms with van der Waals surface area (Å²) in [6, 6.07) is 7.85. The largest absolute Gasteiger partial charge is 0.497 e. The predicted molar refractivity (Wildman–Crippen MR) is 87.4 cm³/mol. The first-order valence-corrected chi connectivity index (χ1v) is 8.16. The lowest BCUT2D eigenvalue weighted by molar-refractivity contribution is -0.119. The van der Waals surface area contributed by atoms with Crippen LogP contribution in [0.15, 0.2) is 41.6 Å². The molecule has 0 spiro atoms. The van der Waals surface area contributed by atoms with Gasteiger partial charge in [-0.05, 0) is 31.0 Å². The van der Waals surface area contributed by atoms with E-state index in [2.05, 4.69) is 5.10 Å². The minimum Gasteiger partial charge on any atom is -0.497 e. The Morgan fingerprint density at radius 1 is 1.41 bits per heavy atom. The third-order valence-corrected chi connectivity index (χ3v) is 4.96. The quantitative estimate of drug-likeness (QED) is 0.870. The van der Waals surface area contributed by atoms with Gasteiger partial charge in [0.25, 0.3) is 0 Å². The molecule has 0 saturated carbocycles. The van der Waals surface area contributed by atoms with Crippen LogP contribution in [-0.4, -0.2) is 34.6 Å². The molecule has 116 valence electrons. The van der Waals surface area contributed by atoms with Crippen molar-refractivity contribution >= 4 is 23.4 Å². The Bertz CT molecular complexity index is 671. The Kier molecular flexibility index (Phi) is 4.38. The normalized spacial score (nSPS) is 18.5. The highest BCUT2D eigenvalue weighted by Gasteiger charge is 2.31. The molecule has 1 amide bonds. The number of aryl methyl sites for hydroxylation is 1. The van der Waals surface area contributed by atoms with Gasteiger partial charge >= 0.3 is 0 Å². The first-order valence-electron chi connectivity index (χ1n) is 7.28. The lowest BCUT2D eigenvalue weighted by Gasteiger charge is -2.31. The minimum atomic E-state index is -0.0546. The monoisotopic (exact) mass is 317 g/mol. The maximum atomic E-state index is 12.7. The number of anilines is 1. The molecule has 2 heterocycles. The number of hydrogen-bond donors (Lipinski definition) is 0. The van der Waals surface area contributed by atoms with Gasteiger partial charge in [-0.2, -0.15) is 5.10 Å². The number of aromatic nitrogens is 2. The smallest absolute Gasteiger partial charge is 0.240 e. The fraction of sp³-hybridized carbons (Fsp3) is 0.375. The average Bonchev–Trinajstić information content (AvgIpc) is 2.96. The van der Waals surface area contributed by atoms with Crippen LogP contribution in [0.25, 0.3) is 0 Å². The number of ether oxygens (including phenoxy) is 1. The molecule has 1 aliphatic rings. The molecule has 1 saturated heterocycles. The van der Waals surface area contributed by atoms with Crippen molar-refractivity contribution in [2.24, 2.45) is 7.05 Å². The highest BCUT2D eigenvalue weighted by Crippen LogP contribution is 2.33. The first kappa shape index (κ1) is 15.0. The molecule has 1 aromatic carbocycles. The second kappa shape index (κ2) is 6.44. The van der Waals surface area contributed by atoms with Gasteiger partial charge in [0.05, 0.1) is 24.2 Å². The molecule has 0 aliphatic carbocycles. The molecule has 1 aliphatic heterocycles. The molecule has 0 radical (unpaired) electrons. The van der Waals surface area contributed by atoms with E-state index in [1.807, 2.05) is 42.4 Å². The lowest BCUT2D eigenvalue weighted by atomic mass is 10.1. The average molecular weight is 317 g/mol. The number of piperidine rings is 1. The van der Waals surface area contributed by atoms with Crippen LogP contribution in [0.3, 0.4) is 0 Å². The van der Waals surface area contributed by atoms with Crippen LogP contribution in [0, 0.1) is 0 Å². The molecular weight excluding hydrogens is 298 g/mol. The maximum Gasteiger partial charge on any atom is 0.240 e. The number of thioether (sulfide) groups is 1. The number of rotatable bonds is 4. The number of benzene rings is 1. The van der Waals surface area contributed by atoms with E-state index >= 15 is 0 Å². The zero-order valence-electron chi connectivity index (χ0n) is 12.7. The second-order valence-electron chi connectivity index (χ2n) is 5.29. The van der Waals surface area contributed by atoms with Crippen LogP contribution >= 0.6 is 11.8 Å². The predicted octanol–water partition coefficient (Wildman–Crippen LogP) is 2.72. The molecule has 6 heteroatoms. The molecule has 22 heavy (non-hydrogen) atoms. The van der Waals surface area contributed by atoms with Crippen molar-refractivity contribution in [1.29, 1.82) is 0 Å². The van der Waals surface area contributed by atoms with Crippen LogP contribution < -0.4 is 9.64 Å².